The average Bonchev–Trinajstić information content (AvgIpc) is 2.25. The van der Waals surface area contributed by atoms with E-state index < -0.39 is 0 Å². The molecule has 0 aliphatic carbocycles. The number of hydrogen-bond donors (Lipinski definition) is 1. The topological polar surface area (TPSA) is 12.0 Å². The molecule has 0 amide bonds. The molecule has 0 rings (SSSR count). The van der Waals surface area contributed by atoms with Crippen molar-refractivity contribution in [2.45, 2.75) is 85.1 Å². The Morgan fingerprint density at radius 3 is 2.19 bits per heavy atom. The first-order valence-corrected chi connectivity index (χ1v) is 7.47. The summed E-state index contributed by atoms with van der Waals surface area (Å²) in [4.78, 5) is 0. The van der Waals surface area contributed by atoms with Gasteiger partial charge in [-0.05, 0) is 25.3 Å². The van der Waals surface area contributed by atoms with Crippen LogP contribution in [-0.2, 0) is 0 Å². The van der Waals surface area contributed by atoms with E-state index in [1.165, 1.54) is 51.4 Å². The van der Waals surface area contributed by atoms with Gasteiger partial charge >= 0.3 is 0 Å². The van der Waals surface area contributed by atoms with Gasteiger partial charge in [-0.2, -0.15) is 0 Å². The van der Waals surface area contributed by atoms with E-state index in [-0.39, 0.29) is 0 Å². The van der Waals surface area contributed by atoms with Crippen molar-refractivity contribution in [3.8, 4) is 0 Å². The van der Waals surface area contributed by atoms with E-state index in [9.17, 15) is 0 Å². The first-order chi connectivity index (χ1) is 7.74. The first kappa shape index (κ1) is 16.0. The second-order valence-corrected chi connectivity index (χ2v) is 5.23. The minimum atomic E-state index is 0.767. The molecular weight excluding hydrogens is 194 g/mol. The molecule has 2 unspecified atom stereocenters. The number of rotatable bonds is 11. The van der Waals surface area contributed by atoms with Gasteiger partial charge in [-0.25, -0.2) is 0 Å². The lowest BCUT2D eigenvalue weighted by atomic mass is 9.94. The second kappa shape index (κ2) is 11.4. The summed E-state index contributed by atoms with van der Waals surface area (Å²) in [7, 11) is 0. The van der Waals surface area contributed by atoms with Crippen molar-refractivity contribution in [3.63, 3.8) is 0 Å². The van der Waals surface area contributed by atoms with Crippen LogP contribution in [0, 0.1) is 5.92 Å². The van der Waals surface area contributed by atoms with Crippen molar-refractivity contribution in [1.29, 1.82) is 0 Å². The minimum Gasteiger partial charge on any atom is -0.314 e. The van der Waals surface area contributed by atoms with Gasteiger partial charge in [0.1, 0.15) is 0 Å². The highest BCUT2D eigenvalue weighted by Crippen LogP contribution is 2.16. The third kappa shape index (κ3) is 9.21. The molecule has 0 radical (unpaired) electrons. The van der Waals surface area contributed by atoms with Crippen LogP contribution in [0.15, 0.2) is 0 Å². The van der Waals surface area contributed by atoms with Gasteiger partial charge in [0, 0.05) is 6.04 Å². The van der Waals surface area contributed by atoms with Gasteiger partial charge in [0.05, 0.1) is 0 Å². The maximum Gasteiger partial charge on any atom is 0.00694 e. The highest BCUT2D eigenvalue weighted by molar-refractivity contribution is 4.69. The van der Waals surface area contributed by atoms with Crippen LogP contribution in [0.3, 0.4) is 0 Å². The molecule has 0 bridgehead atoms. The van der Waals surface area contributed by atoms with Crippen LogP contribution in [0.25, 0.3) is 0 Å². The van der Waals surface area contributed by atoms with Crippen molar-refractivity contribution < 1.29 is 0 Å². The first-order valence-electron chi connectivity index (χ1n) is 7.47. The SMILES string of the molecule is CCCCCCC(CC(C)CCC)NCC. The van der Waals surface area contributed by atoms with Gasteiger partial charge in [0.25, 0.3) is 0 Å². The van der Waals surface area contributed by atoms with Crippen LogP contribution < -0.4 is 5.32 Å². The Kier molecular flexibility index (Phi) is 11.4. The number of nitrogens with one attached hydrogen (secondary N) is 1. The molecule has 0 spiro atoms. The van der Waals surface area contributed by atoms with E-state index in [0.717, 1.165) is 18.5 Å². The Bertz CT molecular complexity index is 133. The summed E-state index contributed by atoms with van der Waals surface area (Å²) in [5, 5.41) is 3.65. The molecule has 1 heteroatoms. The maximum atomic E-state index is 3.65. The molecule has 0 saturated carbocycles. The molecule has 0 aromatic heterocycles. The van der Waals surface area contributed by atoms with Crippen molar-refractivity contribution in [2.24, 2.45) is 5.92 Å². The lowest BCUT2D eigenvalue weighted by molar-refractivity contribution is 0.363. The van der Waals surface area contributed by atoms with E-state index in [2.05, 4.69) is 33.0 Å². The Morgan fingerprint density at radius 1 is 0.875 bits per heavy atom. The molecule has 0 fully saturated rings. The lowest BCUT2D eigenvalue weighted by Crippen LogP contribution is -2.30. The fourth-order valence-electron chi connectivity index (χ4n) is 2.51. The summed E-state index contributed by atoms with van der Waals surface area (Å²) in [6, 6.07) is 0.767. The summed E-state index contributed by atoms with van der Waals surface area (Å²) in [6.07, 6.45) is 11.0. The third-order valence-electron chi connectivity index (χ3n) is 3.37. The molecule has 0 aliphatic heterocycles. The molecule has 0 aromatic carbocycles. The standard InChI is InChI=1S/C15H33N/c1-5-8-9-10-12-15(16-7-3)13-14(4)11-6-2/h14-16H,5-13H2,1-4H3. The van der Waals surface area contributed by atoms with Crippen molar-refractivity contribution >= 4 is 0 Å². The zero-order valence-corrected chi connectivity index (χ0v) is 12.0. The second-order valence-electron chi connectivity index (χ2n) is 5.23. The molecule has 1 nitrogen and oxygen atoms in total. The molecule has 1 N–H and O–H groups in total. The largest absolute Gasteiger partial charge is 0.314 e. The van der Waals surface area contributed by atoms with E-state index in [4.69, 9.17) is 0 Å². The predicted octanol–water partition coefficient (Wildman–Crippen LogP) is 4.76. The monoisotopic (exact) mass is 227 g/mol. The fraction of sp³-hybridized carbons (Fsp3) is 1.00. The van der Waals surface area contributed by atoms with Gasteiger partial charge in [-0.3, -0.25) is 0 Å². The van der Waals surface area contributed by atoms with Gasteiger partial charge < -0.3 is 5.32 Å². The van der Waals surface area contributed by atoms with E-state index in [0.29, 0.717) is 0 Å². The Balaban J connectivity index is 3.68. The molecule has 2 atom stereocenters. The summed E-state index contributed by atoms with van der Waals surface area (Å²) in [5.41, 5.74) is 0. The van der Waals surface area contributed by atoms with Gasteiger partial charge in [0.15, 0.2) is 0 Å². The normalized spacial score (nSPS) is 15.0. The van der Waals surface area contributed by atoms with E-state index >= 15 is 0 Å². The van der Waals surface area contributed by atoms with Crippen LogP contribution in [-0.4, -0.2) is 12.6 Å². The van der Waals surface area contributed by atoms with Gasteiger partial charge in [-0.15, -0.1) is 0 Å². The summed E-state index contributed by atoms with van der Waals surface area (Å²) < 4.78 is 0. The molecule has 16 heavy (non-hydrogen) atoms. The highest BCUT2D eigenvalue weighted by Gasteiger charge is 2.11. The van der Waals surface area contributed by atoms with Gasteiger partial charge in [-0.1, -0.05) is 66.2 Å². The number of hydrogen-bond acceptors (Lipinski definition) is 1. The van der Waals surface area contributed by atoms with Crippen LogP contribution in [0.1, 0.15) is 79.1 Å². The lowest BCUT2D eigenvalue weighted by Gasteiger charge is -2.21. The van der Waals surface area contributed by atoms with Crippen LogP contribution in [0.5, 0.6) is 0 Å². The van der Waals surface area contributed by atoms with E-state index in [1.807, 2.05) is 0 Å². The minimum absolute atomic E-state index is 0.767. The van der Waals surface area contributed by atoms with Crippen molar-refractivity contribution in [3.05, 3.63) is 0 Å². The van der Waals surface area contributed by atoms with Crippen molar-refractivity contribution in [2.75, 3.05) is 6.54 Å². The van der Waals surface area contributed by atoms with Crippen LogP contribution in [0.2, 0.25) is 0 Å². The summed E-state index contributed by atoms with van der Waals surface area (Å²) in [6.45, 7) is 10.3. The van der Waals surface area contributed by atoms with E-state index in [1.54, 1.807) is 0 Å². The predicted molar refractivity (Wildman–Crippen MR) is 74.9 cm³/mol. The summed E-state index contributed by atoms with van der Waals surface area (Å²) >= 11 is 0. The maximum absolute atomic E-state index is 3.65. The zero-order chi connectivity index (χ0) is 12.2. The molecular formula is C15H33N. The molecule has 0 heterocycles. The highest BCUT2D eigenvalue weighted by atomic mass is 14.9. The molecule has 0 aromatic rings. The zero-order valence-electron chi connectivity index (χ0n) is 12.0. The Hall–Kier alpha value is -0.0400. The smallest absolute Gasteiger partial charge is 0.00694 e. The average molecular weight is 227 g/mol. The van der Waals surface area contributed by atoms with Crippen molar-refractivity contribution in [1.82, 2.24) is 5.32 Å². The fourth-order valence-corrected chi connectivity index (χ4v) is 2.51. The third-order valence-corrected chi connectivity index (χ3v) is 3.37. The van der Waals surface area contributed by atoms with Crippen LogP contribution in [0.4, 0.5) is 0 Å². The van der Waals surface area contributed by atoms with Gasteiger partial charge in [0.2, 0.25) is 0 Å². The quantitative estimate of drug-likeness (QED) is 0.502. The Morgan fingerprint density at radius 2 is 1.62 bits per heavy atom. The Labute approximate surface area is 103 Å². The molecule has 98 valence electrons. The molecule has 0 saturated heterocycles. The molecule has 0 aliphatic rings. The number of unbranched alkanes of at least 4 members (excludes halogenated alkanes) is 3. The summed E-state index contributed by atoms with van der Waals surface area (Å²) in [5.74, 6) is 0.889. The van der Waals surface area contributed by atoms with Crippen LogP contribution >= 0.6 is 0 Å².